The molecular weight excluding hydrogens is 296 g/mol. The van der Waals surface area contributed by atoms with Crippen molar-refractivity contribution in [1.29, 1.82) is 0 Å². The largest absolute Gasteiger partial charge is 0.351 e. The number of hydrogen-bond donors (Lipinski definition) is 2. The summed E-state index contributed by atoms with van der Waals surface area (Å²) in [4.78, 5) is 17.7. The highest BCUT2D eigenvalue weighted by atomic mass is 16.1. The van der Waals surface area contributed by atoms with E-state index in [9.17, 15) is 4.79 Å². The molecule has 1 aromatic carbocycles. The van der Waals surface area contributed by atoms with E-state index in [0.717, 1.165) is 54.3 Å². The maximum absolute atomic E-state index is 10.8. The first-order valence-corrected chi connectivity index (χ1v) is 7.46. The molecule has 0 unspecified atom stereocenters. The van der Waals surface area contributed by atoms with Crippen LogP contribution in [0.15, 0.2) is 12.1 Å². The molecule has 3 aromatic rings. The van der Waals surface area contributed by atoms with Crippen molar-refractivity contribution in [2.75, 3.05) is 36.4 Å². The Morgan fingerprint density at radius 1 is 1.30 bits per heavy atom. The number of amides is 1. The molecule has 0 radical (unpaired) electrons. The lowest BCUT2D eigenvalue weighted by Gasteiger charge is -2.28. The summed E-state index contributed by atoms with van der Waals surface area (Å²) >= 11 is 0. The summed E-state index contributed by atoms with van der Waals surface area (Å²) in [5, 5.41) is 18.0. The van der Waals surface area contributed by atoms with Crippen molar-refractivity contribution in [3.63, 3.8) is 0 Å². The van der Waals surface area contributed by atoms with Crippen molar-refractivity contribution in [3.05, 3.63) is 17.7 Å². The molecule has 0 bridgehead atoms. The molecule has 1 aliphatic heterocycles. The summed E-state index contributed by atoms with van der Waals surface area (Å²) in [6.07, 6.45) is 0.660. The normalized spacial score (nSPS) is 15.3. The third-order valence-electron chi connectivity index (χ3n) is 4.08. The second kappa shape index (κ2) is 5.43. The van der Waals surface area contributed by atoms with E-state index in [1.165, 1.54) is 0 Å². The van der Waals surface area contributed by atoms with E-state index in [0.29, 0.717) is 12.1 Å². The molecule has 1 saturated heterocycles. The predicted molar refractivity (Wildman–Crippen MR) is 85.6 cm³/mol. The van der Waals surface area contributed by atoms with Gasteiger partial charge in [0.2, 0.25) is 12.1 Å². The number of tetrazole rings is 1. The summed E-state index contributed by atoms with van der Waals surface area (Å²) in [6.45, 7) is 5.49. The predicted octanol–water partition coefficient (Wildman–Crippen LogP) is -0.0412. The molecule has 23 heavy (non-hydrogen) atoms. The summed E-state index contributed by atoms with van der Waals surface area (Å²) < 4.78 is 1.68. The van der Waals surface area contributed by atoms with Gasteiger partial charge in [0.15, 0.2) is 5.82 Å². The van der Waals surface area contributed by atoms with E-state index in [4.69, 9.17) is 4.98 Å². The minimum Gasteiger partial charge on any atom is -0.351 e. The Morgan fingerprint density at radius 3 is 2.91 bits per heavy atom. The van der Waals surface area contributed by atoms with Gasteiger partial charge in [0.25, 0.3) is 0 Å². The smallest absolute Gasteiger partial charge is 0.222 e. The van der Waals surface area contributed by atoms with Crippen LogP contribution in [0.25, 0.3) is 16.7 Å². The van der Waals surface area contributed by atoms with E-state index in [-0.39, 0.29) is 0 Å². The second-order valence-electron chi connectivity index (χ2n) is 5.50. The Balaban J connectivity index is 1.95. The van der Waals surface area contributed by atoms with Gasteiger partial charge in [-0.05, 0) is 35.0 Å². The molecule has 0 spiro atoms. The lowest BCUT2D eigenvalue weighted by Crippen LogP contribution is -2.44. The number of aryl methyl sites for hydroxylation is 1. The fraction of sp³-hybridized carbons (Fsp3) is 0.357. The van der Waals surface area contributed by atoms with Crippen molar-refractivity contribution in [3.8, 4) is 0 Å². The molecule has 0 saturated carbocycles. The lowest BCUT2D eigenvalue weighted by molar-refractivity contribution is -0.105. The van der Waals surface area contributed by atoms with Crippen molar-refractivity contribution >= 4 is 34.6 Å². The number of nitrogens with zero attached hydrogens (tertiary/aromatic N) is 6. The Kier molecular flexibility index (Phi) is 3.27. The van der Waals surface area contributed by atoms with Gasteiger partial charge in [-0.25, -0.2) is 4.98 Å². The average Bonchev–Trinajstić information content (AvgIpc) is 3.06. The van der Waals surface area contributed by atoms with Gasteiger partial charge >= 0.3 is 0 Å². The van der Waals surface area contributed by atoms with E-state index < -0.39 is 0 Å². The molecule has 9 heteroatoms. The first kappa shape index (κ1) is 13.8. The van der Waals surface area contributed by atoms with Crippen molar-refractivity contribution < 1.29 is 4.79 Å². The van der Waals surface area contributed by atoms with Crippen LogP contribution in [0.3, 0.4) is 0 Å². The van der Waals surface area contributed by atoms with E-state index >= 15 is 0 Å². The molecule has 0 atom stereocenters. The maximum Gasteiger partial charge on any atom is 0.222 e. The molecule has 2 aromatic heterocycles. The zero-order valence-electron chi connectivity index (χ0n) is 12.7. The molecule has 1 aliphatic rings. The van der Waals surface area contributed by atoms with E-state index in [1.54, 1.807) is 4.52 Å². The fourth-order valence-corrected chi connectivity index (χ4v) is 2.90. The van der Waals surface area contributed by atoms with Crippen LogP contribution >= 0.6 is 0 Å². The Labute approximate surface area is 131 Å². The third kappa shape index (κ3) is 2.25. The van der Waals surface area contributed by atoms with Gasteiger partial charge in [-0.1, -0.05) is 0 Å². The highest BCUT2D eigenvalue weighted by Gasteiger charge is 2.19. The van der Waals surface area contributed by atoms with Crippen molar-refractivity contribution in [2.45, 2.75) is 6.92 Å². The first-order chi connectivity index (χ1) is 11.3. The van der Waals surface area contributed by atoms with E-state index in [1.807, 2.05) is 19.1 Å². The van der Waals surface area contributed by atoms with Crippen LogP contribution in [0.5, 0.6) is 0 Å². The molecule has 1 fully saturated rings. The van der Waals surface area contributed by atoms with Gasteiger partial charge in [-0.3, -0.25) is 4.79 Å². The van der Waals surface area contributed by atoms with Gasteiger partial charge in [0.05, 0.1) is 11.0 Å². The monoisotopic (exact) mass is 312 g/mol. The number of fused-ring (bicyclic) bond motifs is 3. The Bertz CT molecular complexity index is 883. The zero-order chi connectivity index (χ0) is 15.8. The molecule has 1 amide bonds. The quantitative estimate of drug-likeness (QED) is 0.654. The molecule has 9 nitrogen and oxygen atoms in total. The minimum absolute atomic E-state index is 0.625. The topological polar surface area (TPSA) is 100 Å². The van der Waals surface area contributed by atoms with Crippen molar-refractivity contribution in [1.82, 2.24) is 30.3 Å². The second-order valence-corrected chi connectivity index (χ2v) is 5.50. The number of aromatic nitrogens is 5. The van der Waals surface area contributed by atoms with Gasteiger partial charge in [-0.15, -0.1) is 5.10 Å². The van der Waals surface area contributed by atoms with Gasteiger partial charge in [0.1, 0.15) is 0 Å². The third-order valence-corrected chi connectivity index (χ3v) is 4.08. The molecule has 4 rings (SSSR count). The molecule has 0 aliphatic carbocycles. The van der Waals surface area contributed by atoms with Crippen LogP contribution in [-0.2, 0) is 4.79 Å². The minimum atomic E-state index is 0.625. The Morgan fingerprint density at radius 2 is 2.13 bits per heavy atom. The molecule has 2 N–H and O–H groups in total. The van der Waals surface area contributed by atoms with Gasteiger partial charge in [0, 0.05) is 31.9 Å². The Hall–Kier alpha value is -2.81. The van der Waals surface area contributed by atoms with Gasteiger partial charge in [-0.2, -0.15) is 4.52 Å². The van der Waals surface area contributed by atoms with Crippen LogP contribution in [0.4, 0.5) is 11.5 Å². The van der Waals surface area contributed by atoms with Crippen LogP contribution < -0.4 is 15.5 Å². The van der Waals surface area contributed by atoms with Gasteiger partial charge < -0.3 is 15.5 Å². The van der Waals surface area contributed by atoms with Crippen LogP contribution in [0, 0.1) is 6.92 Å². The fourth-order valence-electron chi connectivity index (χ4n) is 2.90. The molecular formula is C14H16N8O. The summed E-state index contributed by atoms with van der Waals surface area (Å²) in [6, 6.07) is 3.78. The first-order valence-electron chi connectivity index (χ1n) is 7.46. The molecule has 3 heterocycles. The number of rotatable bonds is 3. The number of carbonyl (C=O) groups is 1. The van der Waals surface area contributed by atoms with Crippen LogP contribution in [0.1, 0.15) is 5.56 Å². The number of piperazine rings is 1. The summed E-state index contributed by atoms with van der Waals surface area (Å²) in [5.41, 5.74) is 3.85. The number of anilines is 2. The number of hydrogen-bond acceptors (Lipinski definition) is 7. The maximum atomic E-state index is 10.8. The standard InChI is InChI=1S/C14H16N8O/c1-9-6-11-12(7-10(9)16-8-23)22-14(18-19-20-22)13(17-11)21-4-2-15-3-5-21/h6-8,15H,2-5H2,1H3,(H,16,23). The SMILES string of the molecule is Cc1cc2nc(N3CCNCC3)c3nnnn3c2cc1NC=O. The lowest BCUT2D eigenvalue weighted by atomic mass is 10.1. The highest BCUT2D eigenvalue weighted by molar-refractivity contribution is 5.88. The highest BCUT2D eigenvalue weighted by Crippen LogP contribution is 2.26. The summed E-state index contributed by atoms with van der Waals surface area (Å²) in [5.74, 6) is 0.791. The van der Waals surface area contributed by atoms with Crippen LogP contribution in [-0.4, -0.2) is 57.6 Å². The average molecular weight is 312 g/mol. The van der Waals surface area contributed by atoms with E-state index in [2.05, 4.69) is 31.1 Å². The number of nitrogens with one attached hydrogen (secondary N) is 2. The summed E-state index contributed by atoms with van der Waals surface area (Å²) in [7, 11) is 0. The number of carbonyl (C=O) groups excluding carboxylic acids is 1. The van der Waals surface area contributed by atoms with Crippen molar-refractivity contribution in [2.24, 2.45) is 0 Å². The zero-order valence-corrected chi connectivity index (χ0v) is 12.7. The van der Waals surface area contributed by atoms with Crippen LogP contribution in [0.2, 0.25) is 0 Å². The number of benzene rings is 1. The molecule has 118 valence electrons.